The Balaban J connectivity index is 1.61. The van der Waals surface area contributed by atoms with Crippen molar-refractivity contribution in [3.05, 3.63) is 68.5 Å². The van der Waals surface area contributed by atoms with E-state index in [0.29, 0.717) is 5.92 Å². The summed E-state index contributed by atoms with van der Waals surface area (Å²) in [7, 11) is 0. The lowest BCUT2D eigenvalue weighted by molar-refractivity contribution is 0.0917. The second-order valence-corrected chi connectivity index (χ2v) is 6.07. The predicted octanol–water partition coefficient (Wildman–Crippen LogP) is 1.23. The van der Waals surface area contributed by atoms with E-state index in [4.69, 9.17) is 5.21 Å². The summed E-state index contributed by atoms with van der Waals surface area (Å²) in [6.07, 6.45) is 3.63. The zero-order chi connectivity index (χ0) is 17.1. The predicted molar refractivity (Wildman–Crippen MR) is 87.4 cm³/mol. The van der Waals surface area contributed by atoms with Gasteiger partial charge in [0.2, 0.25) is 0 Å². The van der Waals surface area contributed by atoms with Crippen molar-refractivity contribution in [3.8, 4) is 0 Å². The molecule has 0 atom stereocenters. The van der Waals surface area contributed by atoms with Crippen LogP contribution in [0.25, 0.3) is 0 Å². The lowest BCUT2D eigenvalue weighted by Crippen LogP contribution is -2.41. The quantitative estimate of drug-likeness (QED) is 0.737. The summed E-state index contributed by atoms with van der Waals surface area (Å²) < 4.78 is -0.0676. The van der Waals surface area contributed by atoms with Gasteiger partial charge in [0, 0.05) is 12.1 Å². The molecule has 1 saturated carbocycles. The van der Waals surface area contributed by atoms with Crippen LogP contribution in [-0.4, -0.2) is 26.9 Å². The molecular formula is C17H19N3O4. The molecule has 0 unspecified atom stereocenters. The Morgan fingerprint density at radius 1 is 1.12 bits per heavy atom. The molecule has 3 rings (SSSR count). The van der Waals surface area contributed by atoms with Gasteiger partial charge in [-0.3, -0.25) is 14.6 Å². The van der Waals surface area contributed by atoms with E-state index in [0.717, 1.165) is 31.7 Å². The van der Waals surface area contributed by atoms with Crippen LogP contribution in [0.3, 0.4) is 0 Å². The Morgan fingerprint density at radius 3 is 2.42 bits per heavy atom. The zero-order valence-corrected chi connectivity index (χ0v) is 13.1. The molecular weight excluding hydrogens is 310 g/mol. The fourth-order valence-corrected chi connectivity index (χ4v) is 3.17. The first-order chi connectivity index (χ1) is 11.5. The molecule has 0 saturated heterocycles. The summed E-state index contributed by atoms with van der Waals surface area (Å²) in [6, 6.07) is 11.2. The molecule has 1 aliphatic rings. The van der Waals surface area contributed by atoms with Crippen molar-refractivity contribution in [1.82, 2.24) is 15.0 Å². The molecule has 24 heavy (non-hydrogen) atoms. The second kappa shape index (κ2) is 6.74. The molecule has 1 aromatic carbocycles. The van der Waals surface area contributed by atoms with Gasteiger partial charge >= 0.3 is 5.69 Å². The molecule has 1 fully saturated rings. The van der Waals surface area contributed by atoms with E-state index in [9.17, 15) is 14.4 Å². The van der Waals surface area contributed by atoms with Gasteiger partial charge in [-0.15, -0.1) is 0 Å². The smallest absolute Gasteiger partial charge is 0.362 e. The average Bonchev–Trinajstić information content (AvgIpc) is 2.60. The number of hydrogen-bond acceptors (Lipinski definition) is 4. The Morgan fingerprint density at radius 2 is 1.79 bits per heavy atom. The molecule has 7 heteroatoms. The molecule has 1 amide bonds. The molecule has 1 aliphatic carbocycles. The molecule has 7 nitrogen and oxygen atoms in total. The van der Waals surface area contributed by atoms with E-state index < -0.39 is 17.2 Å². The van der Waals surface area contributed by atoms with Crippen molar-refractivity contribution in [3.63, 3.8) is 0 Å². The number of aromatic amines is 1. The Labute approximate surface area is 137 Å². The van der Waals surface area contributed by atoms with Crippen molar-refractivity contribution in [2.45, 2.75) is 37.6 Å². The Kier molecular flexibility index (Phi) is 4.50. The SMILES string of the molecule is O=C(NC1CCC(c2ccccc2)CC1)c1cc(=O)n(O)c(=O)[nH]1. The van der Waals surface area contributed by atoms with Gasteiger partial charge in [0.25, 0.3) is 11.5 Å². The lowest BCUT2D eigenvalue weighted by atomic mass is 9.82. The van der Waals surface area contributed by atoms with Crippen molar-refractivity contribution in [2.24, 2.45) is 0 Å². The third-order valence-corrected chi connectivity index (χ3v) is 4.49. The van der Waals surface area contributed by atoms with Gasteiger partial charge in [-0.25, -0.2) is 4.79 Å². The normalized spacial score (nSPS) is 20.5. The summed E-state index contributed by atoms with van der Waals surface area (Å²) in [6.45, 7) is 0. The van der Waals surface area contributed by atoms with E-state index in [-0.39, 0.29) is 16.5 Å². The summed E-state index contributed by atoms with van der Waals surface area (Å²) in [5, 5.41) is 11.9. The van der Waals surface area contributed by atoms with Crippen LogP contribution in [-0.2, 0) is 0 Å². The number of benzene rings is 1. The maximum Gasteiger partial charge on any atom is 0.362 e. The molecule has 1 aromatic heterocycles. The minimum atomic E-state index is -1.03. The number of nitrogens with one attached hydrogen (secondary N) is 2. The minimum absolute atomic E-state index is 0.0116. The summed E-state index contributed by atoms with van der Waals surface area (Å²) in [5.41, 5.74) is -0.782. The van der Waals surface area contributed by atoms with Crippen molar-refractivity contribution < 1.29 is 10.0 Å². The summed E-state index contributed by atoms with van der Waals surface area (Å²) in [4.78, 5) is 37.1. The van der Waals surface area contributed by atoms with Gasteiger partial charge < -0.3 is 10.5 Å². The van der Waals surface area contributed by atoms with Crippen molar-refractivity contribution >= 4 is 5.91 Å². The third kappa shape index (κ3) is 3.40. The molecule has 0 aliphatic heterocycles. The standard InChI is InChI=1S/C17H19N3O4/c21-15-10-14(19-17(23)20(15)24)16(22)18-13-8-6-12(7-9-13)11-4-2-1-3-5-11/h1-5,10,12-13,24H,6-9H2,(H,18,22)(H,19,23). The first kappa shape index (κ1) is 16.0. The largest absolute Gasteiger partial charge is 0.421 e. The minimum Gasteiger partial charge on any atom is -0.421 e. The van der Waals surface area contributed by atoms with E-state index in [1.54, 1.807) is 0 Å². The van der Waals surface area contributed by atoms with Crippen LogP contribution in [0.4, 0.5) is 0 Å². The van der Waals surface area contributed by atoms with Gasteiger partial charge in [-0.2, -0.15) is 0 Å². The number of carbonyl (C=O) groups excluding carboxylic acids is 1. The maximum atomic E-state index is 12.2. The highest BCUT2D eigenvalue weighted by molar-refractivity contribution is 5.92. The number of H-pyrrole nitrogens is 1. The Hall–Kier alpha value is -2.83. The van der Waals surface area contributed by atoms with E-state index in [2.05, 4.69) is 22.4 Å². The molecule has 3 N–H and O–H groups in total. The maximum absolute atomic E-state index is 12.2. The second-order valence-electron chi connectivity index (χ2n) is 6.07. The van der Waals surface area contributed by atoms with Crippen molar-refractivity contribution in [1.29, 1.82) is 0 Å². The molecule has 1 heterocycles. The van der Waals surface area contributed by atoms with Crippen LogP contribution < -0.4 is 16.6 Å². The molecule has 0 spiro atoms. The molecule has 126 valence electrons. The molecule has 0 radical (unpaired) electrons. The van der Waals surface area contributed by atoms with E-state index >= 15 is 0 Å². The number of rotatable bonds is 3. The van der Waals surface area contributed by atoms with Crippen molar-refractivity contribution in [2.75, 3.05) is 0 Å². The van der Waals surface area contributed by atoms with Crippen LogP contribution in [0.5, 0.6) is 0 Å². The van der Waals surface area contributed by atoms with Gasteiger partial charge in [-0.1, -0.05) is 35.1 Å². The van der Waals surface area contributed by atoms with Crippen LogP contribution in [0.15, 0.2) is 46.0 Å². The monoisotopic (exact) mass is 329 g/mol. The first-order valence-electron chi connectivity index (χ1n) is 7.96. The number of amides is 1. The van der Waals surface area contributed by atoms with Gasteiger partial charge in [-0.05, 0) is 37.2 Å². The highest BCUT2D eigenvalue weighted by Gasteiger charge is 2.24. The number of aromatic nitrogens is 2. The number of hydrogen-bond donors (Lipinski definition) is 3. The van der Waals surface area contributed by atoms with Crippen LogP contribution in [0, 0.1) is 0 Å². The highest BCUT2D eigenvalue weighted by Crippen LogP contribution is 2.32. The summed E-state index contributed by atoms with van der Waals surface area (Å²) in [5.74, 6) is -0.00885. The number of carbonyl (C=O) groups is 1. The zero-order valence-electron chi connectivity index (χ0n) is 13.1. The summed E-state index contributed by atoms with van der Waals surface area (Å²) >= 11 is 0. The number of nitrogens with zero attached hydrogens (tertiary/aromatic N) is 1. The van der Waals surface area contributed by atoms with E-state index in [1.807, 2.05) is 18.2 Å². The lowest BCUT2D eigenvalue weighted by Gasteiger charge is -2.29. The molecule has 2 aromatic rings. The average molecular weight is 329 g/mol. The third-order valence-electron chi connectivity index (χ3n) is 4.49. The fraction of sp³-hybridized carbons (Fsp3) is 0.353. The highest BCUT2D eigenvalue weighted by atomic mass is 16.5. The Bertz CT molecular complexity index is 802. The van der Waals surface area contributed by atoms with Crippen LogP contribution in [0.2, 0.25) is 0 Å². The topological polar surface area (TPSA) is 104 Å². The van der Waals surface area contributed by atoms with Crippen LogP contribution in [0.1, 0.15) is 47.7 Å². The van der Waals surface area contributed by atoms with Gasteiger partial charge in [0.1, 0.15) is 5.69 Å². The van der Waals surface area contributed by atoms with Gasteiger partial charge in [0.05, 0.1) is 0 Å². The van der Waals surface area contributed by atoms with Gasteiger partial charge in [0.15, 0.2) is 0 Å². The van der Waals surface area contributed by atoms with Crippen LogP contribution >= 0.6 is 0 Å². The first-order valence-corrected chi connectivity index (χ1v) is 7.96. The van der Waals surface area contributed by atoms with E-state index in [1.165, 1.54) is 5.56 Å². The fourth-order valence-electron chi connectivity index (χ4n) is 3.17. The molecule has 0 bridgehead atoms.